The fourth-order valence-electron chi connectivity index (χ4n) is 2.58. The quantitative estimate of drug-likeness (QED) is 0.335. The van der Waals surface area contributed by atoms with Crippen molar-refractivity contribution in [2.75, 3.05) is 12.4 Å². The number of rotatable bonds is 6. The summed E-state index contributed by atoms with van der Waals surface area (Å²) < 4.78 is 75.4. The van der Waals surface area contributed by atoms with Crippen LogP contribution in [-0.2, 0) is 0 Å². The molecule has 0 aliphatic rings. The van der Waals surface area contributed by atoms with E-state index in [0.29, 0.717) is 0 Å². The highest BCUT2D eigenvalue weighted by Crippen LogP contribution is 2.39. The number of nitrogens with one attached hydrogen (secondary N) is 2. The molecular weight excluding hydrogens is 435 g/mol. The van der Waals surface area contributed by atoms with Gasteiger partial charge in [-0.1, -0.05) is 11.6 Å². The molecule has 1 aromatic carbocycles. The van der Waals surface area contributed by atoms with Gasteiger partial charge in [0.2, 0.25) is 0 Å². The minimum absolute atomic E-state index is 0.125. The molecule has 0 aliphatic heterocycles. The normalized spacial score (nSPS) is 14.0. The zero-order valence-electron chi connectivity index (χ0n) is 15.9. The summed E-state index contributed by atoms with van der Waals surface area (Å²) in [5.74, 6) is -2.91. The molecule has 3 rings (SSSR count). The number of aromatic nitrogens is 4. The molecule has 0 spiro atoms. The van der Waals surface area contributed by atoms with E-state index >= 15 is 0 Å². The van der Waals surface area contributed by atoms with Crippen molar-refractivity contribution in [3.8, 4) is 16.9 Å². The van der Waals surface area contributed by atoms with E-state index in [1.54, 1.807) is 14.0 Å². The summed E-state index contributed by atoms with van der Waals surface area (Å²) in [6.07, 6.45) is -4.18. The third kappa shape index (κ3) is 4.24. The van der Waals surface area contributed by atoms with Crippen LogP contribution < -0.4 is 15.4 Å². The zero-order valence-corrected chi connectivity index (χ0v) is 16.6. The summed E-state index contributed by atoms with van der Waals surface area (Å²) in [6, 6.07) is -0.303. The van der Waals surface area contributed by atoms with Crippen molar-refractivity contribution >= 4 is 23.2 Å². The van der Waals surface area contributed by atoms with Gasteiger partial charge >= 0.3 is 6.18 Å². The van der Waals surface area contributed by atoms with Crippen molar-refractivity contribution in [2.24, 2.45) is 0 Å². The highest BCUT2D eigenvalue weighted by Gasteiger charge is 2.37. The Balaban J connectivity index is 2.21. The second-order valence-electron chi connectivity index (χ2n) is 6.32. The maximum Gasteiger partial charge on any atom is 0.408 e. The number of benzene rings is 1. The lowest BCUT2D eigenvalue weighted by Gasteiger charge is -2.22. The van der Waals surface area contributed by atoms with Crippen LogP contribution in [0, 0.1) is 11.6 Å². The topological polar surface area (TPSA) is 76.4 Å². The van der Waals surface area contributed by atoms with Gasteiger partial charge in [0, 0.05) is 12.1 Å². The van der Waals surface area contributed by atoms with Gasteiger partial charge in [-0.05, 0) is 20.9 Å². The van der Waals surface area contributed by atoms with E-state index in [2.05, 4.69) is 25.7 Å². The van der Waals surface area contributed by atoms with Gasteiger partial charge in [0.25, 0.3) is 5.78 Å². The minimum Gasteiger partial charge on any atom is -0.475 e. The molecule has 0 amide bonds. The number of alkyl halides is 3. The van der Waals surface area contributed by atoms with Crippen LogP contribution in [0.15, 0.2) is 18.5 Å². The number of nitrogens with zero attached hydrogens (tertiary/aromatic N) is 4. The van der Waals surface area contributed by atoms with E-state index in [0.717, 1.165) is 29.9 Å². The molecule has 7 nitrogen and oxygen atoms in total. The molecule has 2 aromatic heterocycles. The highest BCUT2D eigenvalue weighted by molar-refractivity contribution is 6.33. The largest absolute Gasteiger partial charge is 0.475 e. The lowest BCUT2D eigenvalue weighted by molar-refractivity contribution is -0.138. The summed E-state index contributed by atoms with van der Waals surface area (Å²) >= 11 is 6.10. The van der Waals surface area contributed by atoms with Gasteiger partial charge in [0.15, 0.2) is 0 Å². The average Bonchev–Trinajstić information content (AvgIpc) is 3.10. The molecule has 2 N–H and O–H groups in total. The fourth-order valence-corrected chi connectivity index (χ4v) is 2.84. The number of halogens is 6. The first-order valence-corrected chi connectivity index (χ1v) is 8.96. The SMILES string of the molecule is CNC(C)Oc1cc(F)c(-c2c(Cl)nc3ncnn3c2N[C@@H](C)C(F)(F)F)c(F)c1. The standard InChI is InChI=1S/C17H16ClF5N6O/c1-7(17(21,22)23)27-15-13(14(18)28-16-25-6-26-29(15)16)12-10(19)4-9(5-11(12)20)30-8(2)24-3/h4-8,24,27H,1-3H3/t7-,8?/m0/s1. The van der Waals surface area contributed by atoms with Crippen LogP contribution >= 0.6 is 11.6 Å². The first-order valence-electron chi connectivity index (χ1n) is 8.58. The molecule has 3 aromatic rings. The Morgan fingerprint density at radius 1 is 1.13 bits per heavy atom. The van der Waals surface area contributed by atoms with Crippen LogP contribution in [0.25, 0.3) is 16.9 Å². The third-order valence-electron chi connectivity index (χ3n) is 4.21. The number of hydrogen-bond acceptors (Lipinski definition) is 6. The second kappa shape index (κ2) is 8.19. The summed E-state index contributed by atoms with van der Waals surface area (Å²) in [6.45, 7) is 2.45. The average molecular weight is 451 g/mol. The van der Waals surface area contributed by atoms with Gasteiger partial charge in [-0.15, -0.1) is 0 Å². The molecule has 0 bridgehead atoms. The third-order valence-corrected chi connectivity index (χ3v) is 4.49. The van der Waals surface area contributed by atoms with Crippen LogP contribution in [0.4, 0.5) is 27.8 Å². The van der Waals surface area contributed by atoms with Crippen LogP contribution in [-0.4, -0.2) is 45.1 Å². The van der Waals surface area contributed by atoms with Crippen LogP contribution in [0.3, 0.4) is 0 Å². The molecule has 30 heavy (non-hydrogen) atoms. The van der Waals surface area contributed by atoms with Gasteiger partial charge in [-0.25, -0.2) is 8.78 Å². The molecule has 0 saturated carbocycles. The Labute approximate surface area is 172 Å². The molecule has 162 valence electrons. The maximum atomic E-state index is 14.9. The molecule has 0 aliphatic carbocycles. The van der Waals surface area contributed by atoms with Crippen LogP contribution in [0.1, 0.15) is 13.8 Å². The van der Waals surface area contributed by atoms with E-state index in [-0.39, 0.29) is 11.5 Å². The van der Waals surface area contributed by atoms with Crippen LogP contribution in [0.5, 0.6) is 5.75 Å². The van der Waals surface area contributed by atoms with E-state index < -0.39 is 52.2 Å². The Kier molecular flexibility index (Phi) is 5.99. The van der Waals surface area contributed by atoms with E-state index in [9.17, 15) is 22.0 Å². The molecule has 13 heteroatoms. The number of ether oxygens (including phenoxy) is 1. The summed E-state index contributed by atoms with van der Waals surface area (Å²) in [5.41, 5.74) is -1.12. The number of fused-ring (bicyclic) bond motifs is 1. The summed E-state index contributed by atoms with van der Waals surface area (Å²) in [4.78, 5) is 7.63. The number of hydrogen-bond donors (Lipinski definition) is 2. The van der Waals surface area contributed by atoms with Crippen molar-refractivity contribution in [3.05, 3.63) is 35.2 Å². The van der Waals surface area contributed by atoms with Gasteiger partial charge in [0.1, 0.15) is 47.0 Å². The molecular formula is C17H16ClF5N6O. The lowest BCUT2D eigenvalue weighted by atomic mass is 10.1. The van der Waals surface area contributed by atoms with Crippen molar-refractivity contribution in [1.82, 2.24) is 24.9 Å². The minimum atomic E-state index is -4.65. The Hall–Kier alpha value is -2.73. The first kappa shape index (κ1) is 22.0. The number of anilines is 1. The van der Waals surface area contributed by atoms with E-state index in [1.807, 2.05) is 0 Å². The Morgan fingerprint density at radius 2 is 1.77 bits per heavy atom. The molecule has 1 unspecified atom stereocenters. The van der Waals surface area contributed by atoms with Crippen molar-refractivity contribution < 1.29 is 26.7 Å². The Bertz CT molecular complexity index is 1050. The smallest absolute Gasteiger partial charge is 0.408 e. The monoisotopic (exact) mass is 450 g/mol. The van der Waals surface area contributed by atoms with Gasteiger partial charge in [0.05, 0.1) is 11.1 Å². The lowest BCUT2D eigenvalue weighted by Crippen LogP contribution is -2.34. The van der Waals surface area contributed by atoms with Crippen molar-refractivity contribution in [3.63, 3.8) is 0 Å². The van der Waals surface area contributed by atoms with Crippen LogP contribution in [0.2, 0.25) is 5.15 Å². The summed E-state index contributed by atoms with van der Waals surface area (Å²) in [5, 5.41) is 8.23. The fraction of sp³-hybridized carbons (Fsp3) is 0.353. The van der Waals surface area contributed by atoms with Gasteiger partial charge < -0.3 is 10.1 Å². The predicted octanol–water partition coefficient (Wildman–Crippen LogP) is 4.03. The summed E-state index contributed by atoms with van der Waals surface area (Å²) in [7, 11) is 1.59. The zero-order chi connectivity index (χ0) is 22.2. The second-order valence-corrected chi connectivity index (χ2v) is 6.67. The Morgan fingerprint density at radius 3 is 2.33 bits per heavy atom. The first-order chi connectivity index (χ1) is 14.0. The van der Waals surface area contributed by atoms with Gasteiger partial charge in [-0.3, -0.25) is 5.32 Å². The van der Waals surface area contributed by atoms with Crippen molar-refractivity contribution in [2.45, 2.75) is 32.3 Å². The van der Waals surface area contributed by atoms with Crippen molar-refractivity contribution in [1.29, 1.82) is 0 Å². The molecule has 2 heterocycles. The maximum absolute atomic E-state index is 14.9. The molecule has 0 radical (unpaired) electrons. The molecule has 0 fully saturated rings. The highest BCUT2D eigenvalue weighted by atomic mass is 35.5. The predicted molar refractivity (Wildman–Crippen MR) is 99.4 cm³/mol. The van der Waals surface area contributed by atoms with Gasteiger partial charge in [-0.2, -0.15) is 32.8 Å². The molecule has 2 atom stereocenters. The molecule has 0 saturated heterocycles. The van der Waals surface area contributed by atoms with E-state index in [1.165, 1.54) is 0 Å². The van der Waals surface area contributed by atoms with E-state index in [4.69, 9.17) is 16.3 Å².